The summed E-state index contributed by atoms with van der Waals surface area (Å²) in [6, 6.07) is 7.26. The minimum Gasteiger partial charge on any atom is -0.399 e. The maximum atomic E-state index is 12.3. The average Bonchev–Trinajstić information content (AvgIpc) is 3.00. The number of amides is 1. The Kier molecular flexibility index (Phi) is 3.34. The number of carbonyl (C=O) groups excluding carboxylic acids is 1. The number of hydrogen-bond acceptors (Lipinski definition) is 5. The van der Waals surface area contributed by atoms with Gasteiger partial charge in [0.05, 0.1) is 15.9 Å². The Bertz CT molecular complexity index is 820. The van der Waals surface area contributed by atoms with E-state index in [0.717, 1.165) is 15.9 Å². The fourth-order valence-corrected chi connectivity index (χ4v) is 3.03. The van der Waals surface area contributed by atoms with Gasteiger partial charge in [0, 0.05) is 12.2 Å². The number of anilines is 2. The van der Waals surface area contributed by atoms with Gasteiger partial charge in [0.1, 0.15) is 5.69 Å². The second-order valence-corrected chi connectivity index (χ2v) is 5.72. The third-order valence-electron chi connectivity index (χ3n) is 3.07. The van der Waals surface area contributed by atoms with Crippen molar-refractivity contribution in [2.24, 2.45) is 0 Å². The van der Waals surface area contributed by atoms with Crippen LogP contribution in [0.2, 0.25) is 0 Å². The number of nitrogens with two attached hydrogens (primary N) is 1. The van der Waals surface area contributed by atoms with Crippen LogP contribution in [0, 0.1) is 6.92 Å². The molecule has 3 aromatic rings. The van der Waals surface area contributed by atoms with E-state index in [0.29, 0.717) is 23.1 Å². The van der Waals surface area contributed by atoms with Crippen LogP contribution in [0.15, 0.2) is 24.3 Å². The van der Waals surface area contributed by atoms with Gasteiger partial charge in [-0.25, -0.2) is 4.98 Å². The van der Waals surface area contributed by atoms with E-state index in [2.05, 4.69) is 15.4 Å². The van der Waals surface area contributed by atoms with Gasteiger partial charge in [0.15, 0.2) is 5.13 Å². The topological polar surface area (TPSA) is 85.8 Å². The van der Waals surface area contributed by atoms with E-state index in [1.807, 2.05) is 26.0 Å². The molecule has 0 atom stereocenters. The van der Waals surface area contributed by atoms with Crippen LogP contribution >= 0.6 is 11.3 Å². The number of aryl methyl sites for hydroxylation is 2. The summed E-state index contributed by atoms with van der Waals surface area (Å²) < 4.78 is 2.63. The molecule has 21 heavy (non-hydrogen) atoms. The first-order valence-electron chi connectivity index (χ1n) is 6.58. The van der Waals surface area contributed by atoms with Crippen LogP contribution in [-0.4, -0.2) is 20.7 Å². The molecule has 2 heterocycles. The number of carbonyl (C=O) groups is 1. The molecule has 0 aliphatic heterocycles. The number of benzene rings is 1. The van der Waals surface area contributed by atoms with Crippen LogP contribution in [0.25, 0.3) is 10.2 Å². The molecule has 2 aromatic heterocycles. The second kappa shape index (κ2) is 5.17. The number of hydrogen-bond donors (Lipinski definition) is 2. The minimum atomic E-state index is -0.204. The highest BCUT2D eigenvalue weighted by atomic mass is 32.1. The van der Waals surface area contributed by atoms with E-state index in [9.17, 15) is 4.79 Å². The monoisotopic (exact) mass is 301 g/mol. The zero-order valence-corrected chi connectivity index (χ0v) is 12.6. The zero-order chi connectivity index (χ0) is 15.0. The van der Waals surface area contributed by atoms with Crippen LogP contribution < -0.4 is 11.1 Å². The van der Waals surface area contributed by atoms with Gasteiger partial charge < -0.3 is 5.73 Å². The maximum Gasteiger partial charge on any atom is 0.275 e. The molecule has 1 amide bonds. The summed E-state index contributed by atoms with van der Waals surface area (Å²) in [5, 5.41) is 7.65. The number of nitrogens with one attached hydrogen (secondary N) is 1. The van der Waals surface area contributed by atoms with Gasteiger partial charge in [-0.05, 0) is 38.1 Å². The van der Waals surface area contributed by atoms with Gasteiger partial charge in [0.2, 0.25) is 0 Å². The van der Waals surface area contributed by atoms with E-state index in [1.54, 1.807) is 16.8 Å². The Hall–Kier alpha value is -2.41. The molecule has 3 N–H and O–H groups in total. The summed E-state index contributed by atoms with van der Waals surface area (Å²) in [6.07, 6.45) is 0. The molecular weight excluding hydrogens is 286 g/mol. The predicted molar refractivity (Wildman–Crippen MR) is 84.6 cm³/mol. The van der Waals surface area contributed by atoms with Crippen LogP contribution in [-0.2, 0) is 6.54 Å². The molecule has 0 bridgehead atoms. The van der Waals surface area contributed by atoms with E-state index >= 15 is 0 Å². The highest BCUT2D eigenvalue weighted by Gasteiger charge is 2.15. The van der Waals surface area contributed by atoms with Crippen molar-refractivity contribution < 1.29 is 4.79 Å². The fourth-order valence-electron chi connectivity index (χ4n) is 2.13. The van der Waals surface area contributed by atoms with Crippen molar-refractivity contribution in [2.45, 2.75) is 20.4 Å². The number of nitrogen functional groups attached to an aromatic ring is 1. The molecule has 0 unspecified atom stereocenters. The quantitative estimate of drug-likeness (QED) is 0.728. The summed E-state index contributed by atoms with van der Waals surface area (Å²) >= 11 is 1.40. The zero-order valence-electron chi connectivity index (χ0n) is 11.8. The molecule has 0 aliphatic carbocycles. The smallest absolute Gasteiger partial charge is 0.275 e. The van der Waals surface area contributed by atoms with Crippen molar-refractivity contribution in [3.8, 4) is 0 Å². The first-order valence-corrected chi connectivity index (χ1v) is 7.40. The Morgan fingerprint density at radius 2 is 2.24 bits per heavy atom. The average molecular weight is 301 g/mol. The lowest BCUT2D eigenvalue weighted by molar-refractivity contribution is 0.101. The maximum absolute atomic E-state index is 12.3. The Balaban J connectivity index is 1.88. The van der Waals surface area contributed by atoms with Crippen molar-refractivity contribution in [1.29, 1.82) is 0 Å². The van der Waals surface area contributed by atoms with Gasteiger partial charge in [-0.2, -0.15) is 5.10 Å². The molecule has 1 aromatic carbocycles. The standard InChI is InChI=1S/C14H15N5OS/c1-3-19-11(6-8(2)18-19)13(20)17-14-16-10-5-4-9(15)7-12(10)21-14/h4-7H,3,15H2,1-2H3,(H,16,17,20). The van der Waals surface area contributed by atoms with Crippen LogP contribution in [0.1, 0.15) is 23.1 Å². The van der Waals surface area contributed by atoms with Gasteiger partial charge in [-0.15, -0.1) is 0 Å². The second-order valence-electron chi connectivity index (χ2n) is 4.69. The normalized spacial score (nSPS) is 11.0. The molecule has 0 fully saturated rings. The number of rotatable bonds is 3. The number of nitrogens with zero attached hydrogens (tertiary/aromatic N) is 3. The lowest BCUT2D eigenvalue weighted by Gasteiger charge is -2.03. The van der Waals surface area contributed by atoms with Crippen molar-refractivity contribution >= 4 is 38.3 Å². The highest BCUT2D eigenvalue weighted by molar-refractivity contribution is 7.22. The van der Waals surface area contributed by atoms with Gasteiger partial charge in [-0.3, -0.25) is 14.8 Å². The molecule has 6 nitrogen and oxygen atoms in total. The number of fused-ring (bicyclic) bond motifs is 1. The summed E-state index contributed by atoms with van der Waals surface area (Å²) in [4.78, 5) is 16.7. The minimum absolute atomic E-state index is 0.204. The number of thiazole rings is 1. The first-order chi connectivity index (χ1) is 10.1. The number of aromatic nitrogens is 3. The molecule has 0 radical (unpaired) electrons. The summed E-state index contributed by atoms with van der Waals surface area (Å²) in [6.45, 7) is 4.46. The molecular formula is C14H15N5OS. The van der Waals surface area contributed by atoms with Crippen molar-refractivity contribution in [3.63, 3.8) is 0 Å². The fraction of sp³-hybridized carbons (Fsp3) is 0.214. The predicted octanol–water partition coefficient (Wildman–Crippen LogP) is 2.66. The third kappa shape index (κ3) is 2.59. The van der Waals surface area contributed by atoms with E-state index < -0.39 is 0 Å². The van der Waals surface area contributed by atoms with Gasteiger partial charge >= 0.3 is 0 Å². The van der Waals surface area contributed by atoms with Crippen LogP contribution in [0.4, 0.5) is 10.8 Å². The van der Waals surface area contributed by atoms with Crippen LogP contribution in [0.5, 0.6) is 0 Å². The summed E-state index contributed by atoms with van der Waals surface area (Å²) in [7, 11) is 0. The van der Waals surface area contributed by atoms with Gasteiger partial charge in [0.25, 0.3) is 5.91 Å². The first kappa shape index (κ1) is 13.6. The molecule has 0 aliphatic rings. The van der Waals surface area contributed by atoms with Crippen molar-refractivity contribution in [3.05, 3.63) is 35.7 Å². The van der Waals surface area contributed by atoms with Gasteiger partial charge in [-0.1, -0.05) is 11.3 Å². The van der Waals surface area contributed by atoms with Crippen molar-refractivity contribution in [1.82, 2.24) is 14.8 Å². The van der Waals surface area contributed by atoms with E-state index in [-0.39, 0.29) is 5.91 Å². The third-order valence-corrected chi connectivity index (χ3v) is 4.00. The Morgan fingerprint density at radius 3 is 3.00 bits per heavy atom. The van der Waals surface area contributed by atoms with E-state index in [4.69, 9.17) is 5.73 Å². The molecule has 0 saturated carbocycles. The molecule has 108 valence electrons. The summed E-state index contributed by atoms with van der Waals surface area (Å²) in [5.41, 5.74) is 8.61. The van der Waals surface area contributed by atoms with Crippen LogP contribution in [0.3, 0.4) is 0 Å². The molecule has 3 rings (SSSR count). The molecule has 0 saturated heterocycles. The largest absolute Gasteiger partial charge is 0.399 e. The Morgan fingerprint density at radius 1 is 1.43 bits per heavy atom. The molecule has 0 spiro atoms. The van der Waals surface area contributed by atoms with E-state index in [1.165, 1.54) is 11.3 Å². The SMILES string of the molecule is CCn1nc(C)cc1C(=O)Nc1nc2ccc(N)cc2s1. The Labute approximate surface area is 125 Å². The molecule has 7 heteroatoms. The van der Waals surface area contributed by atoms with Crippen molar-refractivity contribution in [2.75, 3.05) is 11.1 Å². The highest BCUT2D eigenvalue weighted by Crippen LogP contribution is 2.27. The summed E-state index contributed by atoms with van der Waals surface area (Å²) in [5.74, 6) is -0.204. The lowest BCUT2D eigenvalue weighted by atomic mass is 10.3. The lowest BCUT2D eigenvalue weighted by Crippen LogP contribution is -2.17.